The lowest BCUT2D eigenvalue weighted by atomic mass is 9.91. The quantitative estimate of drug-likeness (QED) is 0.290. The zero-order chi connectivity index (χ0) is 27.0. The molecule has 1 atom stereocenters. The zero-order valence-electron chi connectivity index (χ0n) is 22.7. The minimum Gasteiger partial charge on any atom is -0.458 e. The first-order chi connectivity index (χ1) is 18.2. The lowest BCUT2D eigenvalue weighted by molar-refractivity contribution is 0.210. The van der Waals surface area contributed by atoms with Crippen molar-refractivity contribution < 1.29 is 4.42 Å². The van der Waals surface area contributed by atoms with E-state index in [1.807, 2.05) is 30.3 Å². The number of rotatable bonds is 6. The molecule has 192 valence electrons. The molecule has 0 aliphatic carbocycles. The van der Waals surface area contributed by atoms with Crippen molar-refractivity contribution in [3.8, 4) is 6.07 Å². The maximum absolute atomic E-state index is 14.0. The summed E-state index contributed by atoms with van der Waals surface area (Å²) in [5.74, 6) is 1.68. The molecule has 5 heteroatoms. The molecule has 1 unspecified atom stereocenters. The van der Waals surface area contributed by atoms with Gasteiger partial charge >= 0.3 is 0 Å². The van der Waals surface area contributed by atoms with E-state index in [9.17, 15) is 10.1 Å². The van der Waals surface area contributed by atoms with Crippen molar-refractivity contribution in [2.45, 2.75) is 52.6 Å². The van der Waals surface area contributed by atoms with E-state index >= 15 is 0 Å². The molecule has 0 bridgehead atoms. The largest absolute Gasteiger partial charge is 0.458 e. The Labute approximate surface area is 224 Å². The van der Waals surface area contributed by atoms with E-state index in [2.05, 4.69) is 69.9 Å². The topological polar surface area (TPSA) is 69.6 Å². The van der Waals surface area contributed by atoms with Crippen molar-refractivity contribution in [3.05, 3.63) is 117 Å². The van der Waals surface area contributed by atoms with Gasteiger partial charge in [-0.1, -0.05) is 74.0 Å². The Kier molecular flexibility index (Phi) is 6.67. The first kappa shape index (κ1) is 25.5. The molecular weight excluding hydrogens is 470 g/mol. The standard InChI is InChI=1S/C33H33N3O2/c1-21(2)29(36-20-33(4,5)35-32(36)25-14-11-22(3)12-15-25)31-27(17-23-9-7-6-8-10-23)30(37)26-16-13-24(19-34)18-28(26)38-31/h6-16,18,21,29H,17,20H2,1-5H3. The molecule has 38 heavy (non-hydrogen) atoms. The number of benzene rings is 3. The van der Waals surface area contributed by atoms with E-state index in [-0.39, 0.29) is 22.9 Å². The first-order valence-electron chi connectivity index (χ1n) is 13.1. The van der Waals surface area contributed by atoms with Crippen molar-refractivity contribution >= 4 is 16.8 Å². The van der Waals surface area contributed by atoms with Gasteiger partial charge in [-0.2, -0.15) is 5.26 Å². The summed E-state index contributed by atoms with van der Waals surface area (Å²) < 4.78 is 6.65. The molecular formula is C33H33N3O2. The normalized spacial score (nSPS) is 15.5. The van der Waals surface area contributed by atoms with Crippen LogP contribution in [0.1, 0.15) is 67.3 Å². The summed E-state index contributed by atoms with van der Waals surface area (Å²) in [6, 6.07) is 25.5. The van der Waals surface area contributed by atoms with Gasteiger partial charge in [0.25, 0.3) is 0 Å². The van der Waals surface area contributed by atoms with Crippen molar-refractivity contribution in [2.75, 3.05) is 6.54 Å². The van der Waals surface area contributed by atoms with Gasteiger partial charge in [0.05, 0.1) is 28.6 Å². The van der Waals surface area contributed by atoms with Gasteiger partial charge < -0.3 is 9.32 Å². The van der Waals surface area contributed by atoms with E-state index in [1.165, 1.54) is 5.56 Å². The highest BCUT2D eigenvalue weighted by Crippen LogP contribution is 2.38. The van der Waals surface area contributed by atoms with Crippen LogP contribution in [0.5, 0.6) is 0 Å². The lowest BCUT2D eigenvalue weighted by Gasteiger charge is -2.35. The Morgan fingerprint density at radius 3 is 2.42 bits per heavy atom. The summed E-state index contributed by atoms with van der Waals surface area (Å²) in [4.78, 5) is 21.5. The van der Waals surface area contributed by atoms with Crippen LogP contribution in [0.3, 0.4) is 0 Å². The number of hydrogen-bond acceptors (Lipinski definition) is 5. The molecule has 1 aliphatic rings. The van der Waals surface area contributed by atoms with Crippen LogP contribution in [0.2, 0.25) is 0 Å². The summed E-state index contributed by atoms with van der Waals surface area (Å²) in [7, 11) is 0. The Balaban J connectivity index is 1.73. The van der Waals surface area contributed by atoms with E-state index in [0.717, 1.165) is 17.0 Å². The highest BCUT2D eigenvalue weighted by Gasteiger charge is 2.40. The van der Waals surface area contributed by atoms with Crippen LogP contribution in [-0.4, -0.2) is 22.8 Å². The molecule has 0 amide bonds. The highest BCUT2D eigenvalue weighted by atomic mass is 16.3. The smallest absolute Gasteiger partial charge is 0.196 e. The molecule has 2 heterocycles. The van der Waals surface area contributed by atoms with Crippen LogP contribution in [-0.2, 0) is 6.42 Å². The molecule has 4 aromatic rings. The number of nitrogens with zero attached hydrogens (tertiary/aromatic N) is 3. The Bertz CT molecular complexity index is 1610. The highest BCUT2D eigenvalue weighted by molar-refractivity contribution is 6.00. The summed E-state index contributed by atoms with van der Waals surface area (Å²) >= 11 is 0. The Morgan fingerprint density at radius 1 is 1.05 bits per heavy atom. The van der Waals surface area contributed by atoms with Crippen molar-refractivity contribution in [1.82, 2.24) is 4.90 Å². The van der Waals surface area contributed by atoms with Gasteiger partial charge in [-0.25, -0.2) is 0 Å². The van der Waals surface area contributed by atoms with E-state index in [4.69, 9.17) is 9.41 Å². The zero-order valence-corrected chi connectivity index (χ0v) is 22.7. The van der Waals surface area contributed by atoms with Crippen LogP contribution < -0.4 is 5.43 Å². The van der Waals surface area contributed by atoms with E-state index in [1.54, 1.807) is 18.2 Å². The Morgan fingerprint density at radius 2 is 1.76 bits per heavy atom. The number of amidine groups is 1. The molecule has 0 saturated carbocycles. The van der Waals surface area contributed by atoms with Gasteiger partial charge in [-0.05, 0) is 50.5 Å². The third kappa shape index (κ3) is 4.87. The lowest BCUT2D eigenvalue weighted by Crippen LogP contribution is -2.39. The van der Waals surface area contributed by atoms with Crippen LogP contribution >= 0.6 is 0 Å². The molecule has 0 saturated heterocycles. The van der Waals surface area contributed by atoms with E-state index < -0.39 is 0 Å². The second kappa shape index (κ2) is 9.95. The molecule has 1 aromatic heterocycles. The van der Waals surface area contributed by atoms with Crippen LogP contribution in [0.15, 0.2) is 87.0 Å². The molecule has 5 rings (SSSR count). The number of fused-ring (bicyclic) bond motifs is 1. The minimum atomic E-state index is -0.294. The van der Waals surface area contributed by atoms with Crippen LogP contribution in [0.4, 0.5) is 0 Å². The monoisotopic (exact) mass is 503 g/mol. The second-order valence-electron chi connectivity index (χ2n) is 11.2. The molecule has 0 fully saturated rings. The fourth-order valence-corrected chi connectivity index (χ4v) is 5.37. The van der Waals surface area contributed by atoms with Crippen LogP contribution in [0, 0.1) is 24.2 Å². The van der Waals surface area contributed by atoms with Crippen molar-refractivity contribution in [2.24, 2.45) is 10.9 Å². The summed E-state index contributed by atoms with van der Waals surface area (Å²) in [5.41, 5.74) is 4.51. The van der Waals surface area contributed by atoms with Gasteiger partial charge in [0, 0.05) is 24.1 Å². The van der Waals surface area contributed by atoms with Crippen LogP contribution in [0.25, 0.3) is 11.0 Å². The fraction of sp³-hybridized carbons (Fsp3) is 0.303. The molecule has 5 nitrogen and oxygen atoms in total. The predicted molar refractivity (Wildman–Crippen MR) is 153 cm³/mol. The third-order valence-corrected chi connectivity index (χ3v) is 7.15. The van der Waals surface area contributed by atoms with E-state index in [0.29, 0.717) is 40.8 Å². The molecule has 0 radical (unpaired) electrons. The maximum atomic E-state index is 14.0. The third-order valence-electron chi connectivity index (χ3n) is 7.15. The average Bonchev–Trinajstić information content (AvgIpc) is 3.21. The minimum absolute atomic E-state index is 0.0486. The van der Waals surface area contributed by atoms with Gasteiger partial charge in [-0.15, -0.1) is 0 Å². The molecule has 3 aromatic carbocycles. The van der Waals surface area contributed by atoms with Crippen molar-refractivity contribution in [1.29, 1.82) is 5.26 Å². The first-order valence-corrected chi connectivity index (χ1v) is 13.1. The maximum Gasteiger partial charge on any atom is 0.196 e. The van der Waals surface area contributed by atoms with Gasteiger partial charge in [0.15, 0.2) is 5.43 Å². The average molecular weight is 504 g/mol. The summed E-state index contributed by atoms with van der Waals surface area (Å²) in [6.07, 6.45) is 0.464. The number of aliphatic imine (C=N–C) groups is 1. The van der Waals surface area contributed by atoms with Gasteiger partial charge in [0.1, 0.15) is 17.2 Å². The molecule has 0 spiro atoms. The number of hydrogen-bond donors (Lipinski definition) is 0. The molecule has 1 aliphatic heterocycles. The SMILES string of the molecule is Cc1ccc(C2=NC(C)(C)CN2C(c2oc3cc(C#N)ccc3c(=O)c2Cc2ccccc2)C(C)C)cc1. The fourth-order valence-electron chi connectivity index (χ4n) is 5.37. The van der Waals surface area contributed by atoms with Gasteiger partial charge in [0.2, 0.25) is 0 Å². The van der Waals surface area contributed by atoms with Crippen molar-refractivity contribution in [3.63, 3.8) is 0 Å². The number of nitriles is 1. The summed E-state index contributed by atoms with van der Waals surface area (Å²) in [6.45, 7) is 11.4. The second-order valence-corrected chi connectivity index (χ2v) is 11.2. The molecule has 0 N–H and O–H groups in total. The van der Waals surface area contributed by atoms with Gasteiger partial charge in [-0.3, -0.25) is 9.79 Å². The summed E-state index contributed by atoms with van der Waals surface area (Å²) in [5, 5.41) is 9.99. The Hall–Kier alpha value is -4.17. The number of aryl methyl sites for hydroxylation is 1. The predicted octanol–water partition coefficient (Wildman–Crippen LogP) is 6.80.